The van der Waals surface area contributed by atoms with Crippen LogP contribution in [-0.2, 0) is 62.3 Å². The molecule has 5 amide bonds. The van der Waals surface area contributed by atoms with Crippen LogP contribution in [0.5, 0.6) is 0 Å². The number of unbranched alkanes of at least 4 members (excludes halogenated alkanes) is 12. The number of primary amides is 1. The summed E-state index contributed by atoms with van der Waals surface area (Å²) in [5.74, 6) is -17.1. The van der Waals surface area contributed by atoms with Gasteiger partial charge in [0, 0.05) is 81.5 Å². The molecule has 0 heterocycles. The van der Waals surface area contributed by atoms with Crippen LogP contribution in [0.4, 0.5) is 0 Å². The first-order valence-electron chi connectivity index (χ1n) is 27.7. The molecule has 0 aliphatic rings. The second-order valence-electron chi connectivity index (χ2n) is 20.8. The zero-order valence-corrected chi connectivity index (χ0v) is 46.5. The SMILES string of the molecule is CCCCCCCCCCCCCCCC(=O)N[C@H](C(=O)C[C@@H](C)C(=O)N[C@@H](C)C(=O)C[C@@H](C)C(=O)N[C@@H](CCC(=O)O)C(=O)C[C@@H](CCC(=O)O)C(=O)N[C@@H](CCC(=O)O)C(=O)C[C@@H](CCC(=O)O)C(N)=O)[C@@H](C)CC. The zero-order chi connectivity index (χ0) is 58.6. The summed E-state index contributed by atoms with van der Waals surface area (Å²) in [6, 6.07) is -5.13. The van der Waals surface area contributed by atoms with Gasteiger partial charge in [0.05, 0.1) is 24.2 Å². The highest BCUT2D eigenvalue weighted by Gasteiger charge is 2.34. The van der Waals surface area contributed by atoms with Gasteiger partial charge < -0.3 is 47.4 Å². The zero-order valence-electron chi connectivity index (χ0n) is 46.5. The Morgan fingerprint density at radius 3 is 1.21 bits per heavy atom. The molecular formula is C55H91N5O17. The van der Waals surface area contributed by atoms with Gasteiger partial charge in [-0.05, 0) is 44.9 Å². The van der Waals surface area contributed by atoms with E-state index in [9.17, 15) is 77.6 Å². The molecule has 0 spiro atoms. The minimum atomic E-state index is -1.60. The fraction of sp³-hybridized carbons (Fsp3) is 0.764. The molecule has 0 rings (SSSR count). The molecule has 0 saturated carbocycles. The third-order valence-electron chi connectivity index (χ3n) is 13.9. The molecule has 0 aliphatic heterocycles. The Kier molecular flexibility index (Phi) is 37.0. The number of carboxylic acid groups (broad SMARTS) is 4. The van der Waals surface area contributed by atoms with E-state index in [2.05, 4.69) is 28.2 Å². The van der Waals surface area contributed by atoms with Crippen LogP contribution in [0.15, 0.2) is 0 Å². The van der Waals surface area contributed by atoms with Gasteiger partial charge in [0.25, 0.3) is 0 Å². The maximum atomic E-state index is 13.8. The van der Waals surface area contributed by atoms with Crippen molar-refractivity contribution in [3.05, 3.63) is 0 Å². The van der Waals surface area contributed by atoms with Crippen molar-refractivity contribution in [2.75, 3.05) is 0 Å². The first kappa shape index (κ1) is 70.9. The van der Waals surface area contributed by atoms with Crippen LogP contribution in [-0.4, -0.2) is 121 Å². The van der Waals surface area contributed by atoms with Crippen LogP contribution in [0.3, 0.4) is 0 Å². The number of hydrogen-bond donors (Lipinski definition) is 9. The first-order valence-corrected chi connectivity index (χ1v) is 27.7. The van der Waals surface area contributed by atoms with E-state index in [1.807, 2.05) is 13.8 Å². The number of nitrogens with two attached hydrogens (primary N) is 1. The maximum absolute atomic E-state index is 13.8. The molecule has 438 valence electrons. The summed E-state index contributed by atoms with van der Waals surface area (Å²) in [6.45, 7) is 10.2. The van der Waals surface area contributed by atoms with Crippen molar-refractivity contribution in [3.63, 3.8) is 0 Å². The van der Waals surface area contributed by atoms with Gasteiger partial charge in [0.15, 0.2) is 23.1 Å². The fourth-order valence-corrected chi connectivity index (χ4v) is 8.66. The molecule has 0 bridgehead atoms. The van der Waals surface area contributed by atoms with E-state index in [0.29, 0.717) is 12.8 Å². The van der Waals surface area contributed by atoms with E-state index in [4.69, 9.17) is 10.8 Å². The molecule has 22 heteroatoms. The molecule has 0 aromatic rings. The number of Topliss-reactive ketones (excluding diaryl/α,β-unsaturated/α-hetero) is 4. The van der Waals surface area contributed by atoms with Crippen molar-refractivity contribution < 1.29 is 82.8 Å². The number of hydrogen-bond acceptors (Lipinski definition) is 13. The minimum Gasteiger partial charge on any atom is -0.481 e. The van der Waals surface area contributed by atoms with Crippen LogP contribution in [0.2, 0.25) is 0 Å². The van der Waals surface area contributed by atoms with Crippen molar-refractivity contribution in [3.8, 4) is 0 Å². The lowest BCUT2D eigenvalue weighted by Gasteiger charge is -2.25. The number of carbonyl (C=O) groups excluding carboxylic acids is 9. The Bertz CT molecular complexity index is 1960. The number of rotatable bonds is 48. The highest BCUT2D eigenvalue weighted by Crippen LogP contribution is 2.21. The van der Waals surface area contributed by atoms with Crippen molar-refractivity contribution in [2.45, 2.75) is 239 Å². The van der Waals surface area contributed by atoms with E-state index in [1.54, 1.807) is 0 Å². The number of aliphatic carboxylic acids is 4. The first-order chi connectivity index (χ1) is 36.2. The average Bonchev–Trinajstić information content (AvgIpc) is 3.35. The van der Waals surface area contributed by atoms with Crippen molar-refractivity contribution >= 4 is 76.5 Å². The number of carboxylic acids is 4. The van der Waals surface area contributed by atoms with E-state index >= 15 is 0 Å². The van der Waals surface area contributed by atoms with E-state index < -0.39 is 177 Å². The summed E-state index contributed by atoms with van der Waals surface area (Å²) in [5, 5.41) is 47.3. The summed E-state index contributed by atoms with van der Waals surface area (Å²) in [6.07, 6.45) is 9.52. The molecular weight excluding hydrogens is 1000 g/mol. The predicted octanol–water partition coefficient (Wildman–Crippen LogP) is 5.76. The van der Waals surface area contributed by atoms with Gasteiger partial charge >= 0.3 is 23.9 Å². The molecule has 0 unspecified atom stereocenters. The summed E-state index contributed by atoms with van der Waals surface area (Å²) in [5.41, 5.74) is 5.35. The molecule has 0 aliphatic carbocycles. The highest BCUT2D eigenvalue weighted by molar-refractivity contribution is 5.98. The lowest BCUT2D eigenvalue weighted by Crippen LogP contribution is -2.48. The summed E-state index contributed by atoms with van der Waals surface area (Å²) in [7, 11) is 0. The van der Waals surface area contributed by atoms with Gasteiger partial charge in [0.2, 0.25) is 29.5 Å². The maximum Gasteiger partial charge on any atom is 0.303 e. The Hall–Kier alpha value is -6.09. The number of amides is 5. The monoisotopic (exact) mass is 1090 g/mol. The highest BCUT2D eigenvalue weighted by atomic mass is 16.4. The molecule has 10 N–H and O–H groups in total. The van der Waals surface area contributed by atoms with Crippen LogP contribution in [0.1, 0.15) is 215 Å². The van der Waals surface area contributed by atoms with E-state index in [0.717, 1.165) is 19.3 Å². The fourth-order valence-electron chi connectivity index (χ4n) is 8.66. The Morgan fingerprint density at radius 2 is 0.779 bits per heavy atom. The van der Waals surface area contributed by atoms with E-state index in [1.165, 1.54) is 78.6 Å². The molecule has 0 aromatic carbocycles. The summed E-state index contributed by atoms with van der Waals surface area (Å²) >= 11 is 0. The standard InChI is InChI=1S/C55H91N5O17/c1-7-9-10-11-12-13-14-15-16-17-18-19-20-21-46(65)60-51(34(3)8-2)45(64)31-36(5)53(75)57-37(6)42(61)30-35(4)54(76)58-40(24-28-49(70)71)44(63)33-39(23-27-48(68)69)55(77)59-41(25-29-50(72)73)43(62)32-38(52(56)74)22-26-47(66)67/h34-41,51H,7-33H2,1-6H3,(H2,56,74)(H,57,75)(H,58,76)(H,59,77)(H,60,65)(H,66,67)(H,68,69)(H,70,71)(H,72,73)/t34-,35+,36+,37-,38+,39+,40-,41-,51-/m0/s1. The van der Waals surface area contributed by atoms with Crippen LogP contribution < -0.4 is 27.0 Å². The van der Waals surface area contributed by atoms with Gasteiger partial charge in [0.1, 0.15) is 0 Å². The second kappa shape index (κ2) is 40.2. The van der Waals surface area contributed by atoms with Crippen LogP contribution >= 0.6 is 0 Å². The Morgan fingerprint density at radius 1 is 0.403 bits per heavy atom. The van der Waals surface area contributed by atoms with Crippen molar-refractivity contribution in [1.82, 2.24) is 21.3 Å². The smallest absolute Gasteiger partial charge is 0.303 e. The third-order valence-corrected chi connectivity index (χ3v) is 13.9. The number of ketones is 4. The largest absolute Gasteiger partial charge is 0.481 e. The third kappa shape index (κ3) is 33.0. The molecule has 0 radical (unpaired) electrons. The van der Waals surface area contributed by atoms with Crippen molar-refractivity contribution in [1.29, 1.82) is 0 Å². The van der Waals surface area contributed by atoms with Gasteiger partial charge in [-0.1, -0.05) is 118 Å². The Balaban J connectivity index is 5.68. The second-order valence-corrected chi connectivity index (χ2v) is 20.8. The normalized spacial score (nSPS) is 14.7. The lowest BCUT2D eigenvalue weighted by molar-refractivity contribution is -0.141. The van der Waals surface area contributed by atoms with Gasteiger partial charge in [-0.3, -0.25) is 62.3 Å². The Labute approximate surface area is 453 Å². The summed E-state index contributed by atoms with van der Waals surface area (Å²) in [4.78, 5) is 165. The summed E-state index contributed by atoms with van der Waals surface area (Å²) < 4.78 is 0. The predicted molar refractivity (Wildman–Crippen MR) is 284 cm³/mol. The molecule has 0 aromatic heterocycles. The van der Waals surface area contributed by atoms with Crippen molar-refractivity contribution in [2.24, 2.45) is 35.3 Å². The van der Waals surface area contributed by atoms with Gasteiger partial charge in [-0.15, -0.1) is 0 Å². The molecule has 22 nitrogen and oxygen atoms in total. The quantitative estimate of drug-likeness (QED) is 0.0327. The minimum absolute atomic E-state index is 0.208. The number of carbonyl (C=O) groups is 13. The molecule has 9 atom stereocenters. The van der Waals surface area contributed by atoms with E-state index in [-0.39, 0.29) is 36.9 Å². The molecule has 77 heavy (non-hydrogen) atoms. The average molecular weight is 1090 g/mol. The van der Waals surface area contributed by atoms with Crippen LogP contribution in [0, 0.1) is 29.6 Å². The topological polar surface area (TPSA) is 377 Å². The molecule has 0 fully saturated rings. The van der Waals surface area contributed by atoms with Gasteiger partial charge in [-0.2, -0.15) is 0 Å². The lowest BCUT2D eigenvalue weighted by atomic mass is 9.89. The van der Waals surface area contributed by atoms with Crippen LogP contribution in [0.25, 0.3) is 0 Å². The van der Waals surface area contributed by atoms with Gasteiger partial charge in [-0.25, -0.2) is 0 Å². The molecule has 0 saturated heterocycles. The number of nitrogens with one attached hydrogen (secondary N) is 4.